The third-order valence-corrected chi connectivity index (χ3v) is 14.7. The molecule has 4 heterocycles. The number of benzene rings is 1. The van der Waals surface area contributed by atoms with E-state index in [1.54, 1.807) is 98.9 Å². The first-order valence-electron chi connectivity index (χ1n) is 27.1. The van der Waals surface area contributed by atoms with Crippen molar-refractivity contribution in [2.75, 3.05) is 0 Å². The third-order valence-electron chi connectivity index (χ3n) is 14.7. The molecule has 0 spiro atoms. The molecule has 13 N–H and O–H groups in total. The average Bonchev–Trinajstić information content (AvgIpc) is 3.86. The number of fused-ring (bicyclic) bond motifs is 3. The fraction of sp³-hybridized carbons (Fsp3) is 0.596. The molecular formula is C57H82BNO20. The Kier molecular flexibility index (Phi) is 25.8. The van der Waals surface area contributed by atoms with Crippen molar-refractivity contribution in [1.82, 2.24) is 5.32 Å². The highest BCUT2D eigenvalue weighted by Gasteiger charge is 2.51. The van der Waals surface area contributed by atoms with Crippen LogP contribution in [0.1, 0.15) is 96.6 Å². The Morgan fingerprint density at radius 3 is 2.00 bits per heavy atom. The van der Waals surface area contributed by atoms with E-state index in [0.29, 0.717) is 12.1 Å². The Hall–Kier alpha value is -4.89. The lowest BCUT2D eigenvalue weighted by Crippen LogP contribution is -2.64. The van der Waals surface area contributed by atoms with Crippen molar-refractivity contribution in [3.8, 4) is 5.75 Å². The van der Waals surface area contributed by atoms with Gasteiger partial charge in [-0.3, -0.25) is 14.4 Å². The Labute approximate surface area is 461 Å². The number of hydrogen-bond acceptors (Lipinski definition) is 19. The summed E-state index contributed by atoms with van der Waals surface area (Å²) >= 11 is 0. The van der Waals surface area contributed by atoms with Crippen molar-refractivity contribution >= 4 is 25.0 Å². The van der Waals surface area contributed by atoms with Crippen molar-refractivity contribution in [3.63, 3.8) is 0 Å². The zero-order chi connectivity index (χ0) is 58.0. The molecule has 1 aromatic carbocycles. The quantitative estimate of drug-likeness (QED) is 0.136. The molecule has 21 nitrogen and oxygen atoms in total. The van der Waals surface area contributed by atoms with Gasteiger partial charge in [0.2, 0.25) is 5.91 Å². The Morgan fingerprint density at radius 1 is 0.722 bits per heavy atom. The Morgan fingerprint density at radius 2 is 1.35 bits per heavy atom. The fourth-order valence-electron chi connectivity index (χ4n) is 10.0. The minimum absolute atomic E-state index is 0.0516. The normalized spacial score (nSPS) is 40.0. The molecule has 0 aromatic heterocycles. The molecule has 2 bridgehead atoms. The van der Waals surface area contributed by atoms with Gasteiger partial charge >= 0.3 is 19.1 Å². The highest BCUT2D eigenvalue weighted by molar-refractivity contribution is 6.44. The molecule has 1 amide bonds. The number of amides is 1. The van der Waals surface area contributed by atoms with Crippen LogP contribution in [0, 0.1) is 17.8 Å². The van der Waals surface area contributed by atoms with Gasteiger partial charge in [0.15, 0.2) is 12.1 Å². The average molecular weight is 1110 g/mol. The minimum atomic E-state index is -2.39. The maximum Gasteiger partial charge on any atom is 0.527 e. The number of cyclic esters (lactones) is 1. The third kappa shape index (κ3) is 20.6. The molecule has 0 radical (unpaired) electrons. The summed E-state index contributed by atoms with van der Waals surface area (Å²) in [5.74, 6) is -7.06. The van der Waals surface area contributed by atoms with E-state index in [2.05, 4.69) is 5.32 Å². The molecule has 2 saturated heterocycles. The number of aliphatic carboxylic acids is 1. The van der Waals surface area contributed by atoms with Crippen LogP contribution in [-0.4, -0.2) is 184 Å². The summed E-state index contributed by atoms with van der Waals surface area (Å²) in [6, 6.07) is 4.05. The largest absolute Gasteiger partial charge is 0.536 e. The van der Waals surface area contributed by atoms with Gasteiger partial charge in [0.05, 0.1) is 73.5 Å². The molecule has 4 aliphatic rings. The maximum atomic E-state index is 13.3. The van der Waals surface area contributed by atoms with Crippen LogP contribution >= 0.6 is 0 Å². The molecule has 0 unspecified atom stereocenters. The SMILES string of the molecule is C[C@@H]1[C@H](O)[C@@H](C)\C=C/C=C\C=C/C=C\C=C/C=C\C=C\[C@H](O[C@@H]2O[C@H](C)[C@@H](O)[C@H](NC(=O)CCc3ccc4c(c3)OB(O)C4)[C@@H]2O)C[C@@H]2O[C@](O)(C[C@@H](O)C[C@@H](O)[C@H](O)CC[C@@H](O)C[C@@H](O)CC(=O)O[C@H]1C)C[C@H](O)[C@H]2C(=O)O. The molecule has 438 valence electrons. The highest BCUT2D eigenvalue weighted by atomic mass is 16.7. The lowest BCUT2D eigenvalue weighted by Gasteiger charge is -2.45. The summed E-state index contributed by atoms with van der Waals surface area (Å²) in [7, 11) is -0.949. The lowest BCUT2D eigenvalue weighted by molar-refractivity contribution is -0.309. The van der Waals surface area contributed by atoms with Crippen molar-refractivity contribution in [3.05, 3.63) is 114 Å². The second kappa shape index (κ2) is 31.4. The number of hydrogen-bond donors (Lipinski definition) is 13. The van der Waals surface area contributed by atoms with E-state index >= 15 is 0 Å². The number of rotatable bonds is 7. The molecule has 1 aromatic rings. The number of carbonyl (C=O) groups excluding carboxylic acids is 2. The second-order valence-electron chi connectivity index (χ2n) is 21.3. The van der Waals surface area contributed by atoms with Crippen LogP contribution in [0.25, 0.3) is 0 Å². The second-order valence-corrected chi connectivity index (χ2v) is 21.3. The summed E-state index contributed by atoms with van der Waals surface area (Å²) in [5.41, 5.74) is 1.58. The van der Waals surface area contributed by atoms with Gasteiger partial charge in [-0.2, -0.15) is 0 Å². The van der Waals surface area contributed by atoms with Gasteiger partial charge in [-0.15, -0.1) is 0 Å². The minimum Gasteiger partial charge on any atom is -0.536 e. The smallest absolute Gasteiger partial charge is 0.527 e. The van der Waals surface area contributed by atoms with E-state index in [4.69, 9.17) is 23.6 Å². The number of aryl methyl sites for hydroxylation is 1. The van der Waals surface area contributed by atoms with E-state index in [1.165, 1.54) is 13.0 Å². The van der Waals surface area contributed by atoms with Gasteiger partial charge < -0.3 is 90.1 Å². The number of carboxylic acids is 1. The van der Waals surface area contributed by atoms with Crippen LogP contribution in [0.4, 0.5) is 0 Å². The van der Waals surface area contributed by atoms with Crippen LogP contribution in [0.15, 0.2) is 103 Å². The zero-order valence-electron chi connectivity index (χ0n) is 45.2. The summed E-state index contributed by atoms with van der Waals surface area (Å²) in [4.78, 5) is 38.8. The predicted molar refractivity (Wildman–Crippen MR) is 288 cm³/mol. The molecule has 79 heavy (non-hydrogen) atoms. The molecule has 4 aliphatic heterocycles. The fourth-order valence-corrected chi connectivity index (χ4v) is 10.0. The molecular weight excluding hydrogens is 1030 g/mol. The highest BCUT2D eigenvalue weighted by Crippen LogP contribution is 2.38. The van der Waals surface area contributed by atoms with Crippen LogP contribution in [0.3, 0.4) is 0 Å². The van der Waals surface area contributed by atoms with Crippen molar-refractivity contribution < 1.29 is 99.2 Å². The van der Waals surface area contributed by atoms with Gasteiger partial charge in [0.1, 0.15) is 30.0 Å². The number of carboxylic acid groups (broad SMARTS) is 1. The first kappa shape index (κ1) is 64.9. The molecule has 22 heteroatoms. The first-order chi connectivity index (χ1) is 37.4. The van der Waals surface area contributed by atoms with Gasteiger partial charge in [0, 0.05) is 50.3 Å². The van der Waals surface area contributed by atoms with Crippen molar-refractivity contribution in [2.24, 2.45) is 17.8 Å². The van der Waals surface area contributed by atoms with Crippen LogP contribution in [0.2, 0.25) is 0 Å². The topological polar surface area (TPSA) is 352 Å². The number of ether oxygens (including phenoxy) is 4. The summed E-state index contributed by atoms with van der Waals surface area (Å²) in [6.07, 6.45) is 2.33. The predicted octanol–water partition coefficient (Wildman–Crippen LogP) is 1.46. The van der Waals surface area contributed by atoms with Crippen molar-refractivity contribution in [2.45, 2.75) is 196 Å². The van der Waals surface area contributed by atoms with Crippen LogP contribution < -0.4 is 9.97 Å². The first-order valence-corrected chi connectivity index (χ1v) is 27.1. The summed E-state index contributed by atoms with van der Waals surface area (Å²) in [5, 5.41) is 134. The zero-order valence-corrected chi connectivity index (χ0v) is 45.2. The number of allylic oxidation sites excluding steroid dienone is 12. The van der Waals surface area contributed by atoms with E-state index < -0.39 is 166 Å². The number of nitrogens with one attached hydrogen (secondary N) is 1. The maximum absolute atomic E-state index is 13.3. The number of carbonyl (C=O) groups is 3. The summed E-state index contributed by atoms with van der Waals surface area (Å²) in [6.45, 7) is 6.69. The molecule has 5 rings (SSSR count). The number of esters is 1. The van der Waals surface area contributed by atoms with Gasteiger partial charge in [-0.05, 0) is 56.7 Å². The number of aliphatic hydroxyl groups excluding tert-OH is 9. The summed E-state index contributed by atoms with van der Waals surface area (Å²) < 4.78 is 29.1. The van der Waals surface area contributed by atoms with Crippen molar-refractivity contribution in [1.29, 1.82) is 0 Å². The molecule has 2 fully saturated rings. The molecule has 19 atom stereocenters. The molecule has 0 aliphatic carbocycles. The van der Waals surface area contributed by atoms with E-state index in [1.807, 2.05) is 19.1 Å². The Balaban J connectivity index is 1.34. The standard InChI is InChI=1S/C57H82BNO20/c1-33-17-15-13-11-9-7-5-6-8-10-12-14-16-18-42(77-56-54(70)51(53(69)36(4)76-56)59-48(66)24-20-37-19-21-38-32-58(74)79-46(38)25-37)29-47-50(55(71)72)45(65)31-57(73,78-47)30-41(62)27-44(64)43(63)23-22-39(60)26-40(61)28-49(67)75-35(3)34(2)52(33)68/h5-19,21,25,33-36,39-45,47,50-54,56,60-65,68-70,73-74H,20,22-24,26-32H2,1-4H3,(H,59,66)(H,71,72)/b6-5-,9-7-,10-8-,13-11-,14-12-,17-15-,18-16+/t33-,34-,35-,36+,39+,40+,41-,42-,43+,44+,45-,47-,50+,51-,52+,53+,54-,56-,57+/m0/s1. The number of aliphatic hydroxyl groups is 10. The molecule has 0 saturated carbocycles. The lowest BCUT2D eigenvalue weighted by atomic mass is 9.82. The van der Waals surface area contributed by atoms with Gasteiger partial charge in [-0.25, -0.2) is 0 Å². The van der Waals surface area contributed by atoms with Crippen LogP contribution in [-0.2, 0) is 46.1 Å². The van der Waals surface area contributed by atoms with E-state index in [9.17, 15) is 75.6 Å². The van der Waals surface area contributed by atoms with Gasteiger partial charge in [0.25, 0.3) is 0 Å². The monoisotopic (exact) mass is 1110 g/mol. The Bertz CT molecular complexity index is 2320. The van der Waals surface area contributed by atoms with Crippen LogP contribution in [0.5, 0.6) is 5.75 Å². The van der Waals surface area contributed by atoms with E-state index in [-0.39, 0.29) is 38.0 Å². The van der Waals surface area contributed by atoms with E-state index in [0.717, 1.165) is 11.1 Å². The van der Waals surface area contributed by atoms with Gasteiger partial charge in [-0.1, -0.05) is 111 Å².